The van der Waals surface area contributed by atoms with E-state index in [9.17, 15) is 0 Å². The van der Waals surface area contributed by atoms with Crippen LogP contribution in [0.5, 0.6) is 0 Å². The molecule has 14 heavy (non-hydrogen) atoms. The molecule has 2 unspecified atom stereocenters. The molecule has 2 atom stereocenters. The van der Waals surface area contributed by atoms with Crippen molar-refractivity contribution in [2.45, 2.75) is 51.1 Å². The van der Waals surface area contributed by atoms with Gasteiger partial charge in [0.1, 0.15) is 0 Å². The molecule has 0 amide bonds. The molecule has 0 radical (unpaired) electrons. The van der Waals surface area contributed by atoms with E-state index < -0.39 is 0 Å². The van der Waals surface area contributed by atoms with Gasteiger partial charge in [-0.1, -0.05) is 19.8 Å². The van der Waals surface area contributed by atoms with Crippen LogP contribution in [0.3, 0.4) is 0 Å². The first-order valence-corrected chi connectivity index (χ1v) is 6.22. The zero-order chi connectivity index (χ0) is 9.97. The molecule has 82 valence electrons. The standard InChI is InChI=1S/C12H24N2/c1-10-9-14(8-7-12(10)13-2)11-5-3-4-6-11/h10-13H,3-9H2,1-2H3. The van der Waals surface area contributed by atoms with Crippen LogP contribution in [-0.4, -0.2) is 37.1 Å². The van der Waals surface area contributed by atoms with Crippen molar-refractivity contribution in [2.75, 3.05) is 20.1 Å². The van der Waals surface area contributed by atoms with Crippen molar-refractivity contribution < 1.29 is 0 Å². The minimum absolute atomic E-state index is 0.757. The van der Waals surface area contributed by atoms with Gasteiger partial charge in [0.15, 0.2) is 0 Å². The fraction of sp³-hybridized carbons (Fsp3) is 1.00. The highest BCUT2D eigenvalue weighted by molar-refractivity contribution is 4.86. The number of nitrogens with zero attached hydrogens (tertiary/aromatic N) is 1. The van der Waals surface area contributed by atoms with Crippen LogP contribution >= 0.6 is 0 Å². The van der Waals surface area contributed by atoms with E-state index in [4.69, 9.17) is 0 Å². The van der Waals surface area contributed by atoms with Crippen LogP contribution < -0.4 is 5.32 Å². The highest BCUT2D eigenvalue weighted by atomic mass is 15.2. The van der Waals surface area contributed by atoms with Gasteiger partial charge in [-0.2, -0.15) is 0 Å². The van der Waals surface area contributed by atoms with Crippen LogP contribution in [0.4, 0.5) is 0 Å². The van der Waals surface area contributed by atoms with Gasteiger partial charge in [-0.3, -0.25) is 0 Å². The third-order valence-corrected chi connectivity index (χ3v) is 4.15. The maximum Gasteiger partial charge on any atom is 0.0114 e. The smallest absolute Gasteiger partial charge is 0.0114 e. The molecule has 0 spiro atoms. The summed E-state index contributed by atoms with van der Waals surface area (Å²) in [6, 6.07) is 1.68. The Labute approximate surface area is 88.1 Å². The Morgan fingerprint density at radius 2 is 1.86 bits per heavy atom. The summed E-state index contributed by atoms with van der Waals surface area (Å²) in [4.78, 5) is 2.74. The molecule has 1 saturated carbocycles. The summed E-state index contributed by atoms with van der Waals surface area (Å²) in [6.07, 6.45) is 7.18. The Kier molecular flexibility index (Phi) is 3.45. The number of nitrogens with one attached hydrogen (secondary N) is 1. The van der Waals surface area contributed by atoms with Gasteiger partial charge in [0.25, 0.3) is 0 Å². The third kappa shape index (κ3) is 2.12. The van der Waals surface area contributed by atoms with Crippen LogP contribution in [0.15, 0.2) is 0 Å². The largest absolute Gasteiger partial charge is 0.317 e. The summed E-state index contributed by atoms with van der Waals surface area (Å²) in [5.41, 5.74) is 0. The van der Waals surface area contributed by atoms with Gasteiger partial charge in [-0.15, -0.1) is 0 Å². The van der Waals surface area contributed by atoms with Gasteiger partial charge in [0.2, 0.25) is 0 Å². The third-order valence-electron chi connectivity index (χ3n) is 4.15. The predicted molar refractivity (Wildman–Crippen MR) is 60.5 cm³/mol. The molecular formula is C12H24N2. The molecule has 1 heterocycles. The van der Waals surface area contributed by atoms with E-state index in [1.165, 1.54) is 45.2 Å². The van der Waals surface area contributed by atoms with Gasteiger partial charge in [0, 0.05) is 18.6 Å². The van der Waals surface area contributed by atoms with E-state index in [2.05, 4.69) is 24.2 Å². The Balaban J connectivity index is 1.85. The molecule has 0 bridgehead atoms. The molecule has 1 N–H and O–H groups in total. The summed E-state index contributed by atoms with van der Waals surface area (Å²) in [5, 5.41) is 3.44. The molecule has 2 rings (SSSR count). The van der Waals surface area contributed by atoms with Crippen LogP contribution in [0.1, 0.15) is 39.0 Å². The monoisotopic (exact) mass is 196 g/mol. The first kappa shape index (κ1) is 10.4. The molecule has 0 aromatic rings. The van der Waals surface area contributed by atoms with E-state index in [-0.39, 0.29) is 0 Å². The molecule has 2 nitrogen and oxygen atoms in total. The van der Waals surface area contributed by atoms with E-state index in [1.54, 1.807) is 0 Å². The van der Waals surface area contributed by atoms with Crippen molar-refractivity contribution >= 4 is 0 Å². The summed E-state index contributed by atoms with van der Waals surface area (Å²) in [7, 11) is 2.10. The van der Waals surface area contributed by atoms with E-state index >= 15 is 0 Å². The van der Waals surface area contributed by atoms with Gasteiger partial charge in [-0.05, 0) is 38.8 Å². The first-order valence-electron chi connectivity index (χ1n) is 6.22. The SMILES string of the molecule is CNC1CCN(C2CCCC2)CC1C. The minimum atomic E-state index is 0.757. The van der Waals surface area contributed by atoms with Crippen LogP contribution in [0.2, 0.25) is 0 Å². The fourth-order valence-electron chi connectivity index (χ4n) is 3.21. The molecule has 0 aromatic heterocycles. The lowest BCUT2D eigenvalue weighted by Crippen LogP contribution is -2.50. The highest BCUT2D eigenvalue weighted by Crippen LogP contribution is 2.27. The van der Waals surface area contributed by atoms with Crippen LogP contribution in [0.25, 0.3) is 0 Å². The van der Waals surface area contributed by atoms with E-state index in [0.29, 0.717) is 0 Å². The Hall–Kier alpha value is -0.0800. The van der Waals surface area contributed by atoms with Crippen LogP contribution in [-0.2, 0) is 0 Å². The molecule has 2 aliphatic rings. The summed E-state index contributed by atoms with van der Waals surface area (Å²) in [5.74, 6) is 0.828. The van der Waals surface area contributed by atoms with Gasteiger partial charge < -0.3 is 10.2 Å². The summed E-state index contributed by atoms with van der Waals surface area (Å²) >= 11 is 0. The number of piperidine rings is 1. The maximum atomic E-state index is 3.44. The molecule has 2 fully saturated rings. The molecule has 1 aliphatic heterocycles. The van der Waals surface area contributed by atoms with Gasteiger partial charge in [-0.25, -0.2) is 0 Å². The minimum Gasteiger partial charge on any atom is -0.317 e. The molecule has 1 aliphatic carbocycles. The number of hydrogen-bond donors (Lipinski definition) is 1. The Morgan fingerprint density at radius 3 is 2.43 bits per heavy atom. The second-order valence-electron chi connectivity index (χ2n) is 5.09. The fourth-order valence-corrected chi connectivity index (χ4v) is 3.21. The second kappa shape index (κ2) is 4.63. The number of likely N-dealkylation sites (tertiary alicyclic amines) is 1. The lowest BCUT2D eigenvalue weighted by molar-refractivity contribution is 0.108. The lowest BCUT2D eigenvalue weighted by atomic mass is 9.93. The van der Waals surface area contributed by atoms with Crippen molar-refractivity contribution in [3.63, 3.8) is 0 Å². The average molecular weight is 196 g/mol. The normalized spacial score (nSPS) is 36.4. The average Bonchev–Trinajstić information content (AvgIpc) is 2.70. The van der Waals surface area contributed by atoms with Crippen LogP contribution in [0, 0.1) is 5.92 Å². The Bertz CT molecular complexity index is 175. The van der Waals surface area contributed by atoms with E-state index in [1.807, 2.05) is 0 Å². The zero-order valence-electron chi connectivity index (χ0n) is 9.63. The van der Waals surface area contributed by atoms with Gasteiger partial charge >= 0.3 is 0 Å². The topological polar surface area (TPSA) is 15.3 Å². The predicted octanol–water partition coefficient (Wildman–Crippen LogP) is 1.86. The van der Waals surface area contributed by atoms with E-state index in [0.717, 1.165) is 18.0 Å². The first-order chi connectivity index (χ1) is 6.81. The molecule has 1 saturated heterocycles. The summed E-state index contributed by atoms with van der Waals surface area (Å²) in [6.45, 7) is 5.03. The molecule has 0 aromatic carbocycles. The maximum absolute atomic E-state index is 3.44. The number of hydrogen-bond acceptors (Lipinski definition) is 2. The zero-order valence-corrected chi connectivity index (χ0v) is 9.63. The Morgan fingerprint density at radius 1 is 1.14 bits per heavy atom. The number of rotatable bonds is 2. The van der Waals surface area contributed by atoms with Crippen molar-refractivity contribution in [3.05, 3.63) is 0 Å². The summed E-state index contributed by atoms with van der Waals surface area (Å²) < 4.78 is 0. The van der Waals surface area contributed by atoms with Crippen molar-refractivity contribution in [3.8, 4) is 0 Å². The highest BCUT2D eigenvalue weighted by Gasteiger charge is 2.30. The lowest BCUT2D eigenvalue weighted by Gasteiger charge is -2.40. The van der Waals surface area contributed by atoms with Gasteiger partial charge in [0.05, 0.1) is 0 Å². The molecule has 2 heteroatoms. The molecular weight excluding hydrogens is 172 g/mol. The quantitative estimate of drug-likeness (QED) is 0.725. The van der Waals surface area contributed by atoms with Crippen molar-refractivity contribution in [1.82, 2.24) is 10.2 Å². The van der Waals surface area contributed by atoms with Crippen molar-refractivity contribution in [2.24, 2.45) is 5.92 Å². The van der Waals surface area contributed by atoms with Crippen molar-refractivity contribution in [1.29, 1.82) is 0 Å². The second-order valence-corrected chi connectivity index (χ2v) is 5.09.